The summed E-state index contributed by atoms with van der Waals surface area (Å²) in [4.78, 5) is 37.3. The molecule has 0 aliphatic carbocycles. The molecule has 0 aromatic heterocycles. The Labute approximate surface area is 306 Å². The monoisotopic (exact) mass is 728 g/mol. The maximum atomic E-state index is 12.6. The second-order valence-corrected chi connectivity index (χ2v) is 15.7. The average Bonchev–Trinajstić information content (AvgIpc) is 3.06. The van der Waals surface area contributed by atoms with E-state index in [2.05, 4.69) is 50.3 Å². The summed E-state index contributed by atoms with van der Waals surface area (Å²) in [6, 6.07) is 0. The van der Waals surface area contributed by atoms with Crippen LogP contribution in [0, 0.1) is 0 Å². The van der Waals surface area contributed by atoms with Crippen LogP contribution in [0.25, 0.3) is 0 Å². The first kappa shape index (κ1) is 48.2. The zero-order chi connectivity index (χ0) is 37.2. The second kappa shape index (κ2) is 33.1. The first-order valence-corrected chi connectivity index (χ1v) is 21.2. The topological polar surface area (TPSA) is 111 Å². The van der Waals surface area contributed by atoms with Crippen LogP contribution in [0.15, 0.2) is 36.5 Å². The van der Waals surface area contributed by atoms with Gasteiger partial charge in [0.15, 0.2) is 6.10 Å². The summed E-state index contributed by atoms with van der Waals surface area (Å²) >= 11 is 0. The van der Waals surface area contributed by atoms with Crippen molar-refractivity contribution in [2.45, 2.75) is 161 Å². The Morgan fingerprint density at radius 3 is 1.64 bits per heavy atom. The van der Waals surface area contributed by atoms with Crippen molar-refractivity contribution in [1.29, 1.82) is 0 Å². The third-order valence-corrected chi connectivity index (χ3v) is 9.13. The van der Waals surface area contributed by atoms with Crippen LogP contribution >= 0.6 is 7.82 Å². The Balaban J connectivity index is 4.51. The first-order chi connectivity index (χ1) is 24.0. The fourth-order valence-electron chi connectivity index (χ4n) is 5.01. The molecule has 0 bridgehead atoms. The molecule has 0 spiro atoms. The summed E-state index contributed by atoms with van der Waals surface area (Å²) in [5, 5.41) is 0. The number of phosphoric ester groups is 1. The molecule has 0 radical (unpaired) electrons. The minimum Gasteiger partial charge on any atom is -0.756 e. The molecule has 0 saturated carbocycles. The SMILES string of the molecule is CCCCC/C=C\C/C=C\C/C=C\CCCCC(=O)O[C@H](COC(=O)CCCCCCCCCCCCC)COP(=O)([O-])OCC[N+](C)(C)C. The van der Waals surface area contributed by atoms with Crippen LogP contribution in [0.3, 0.4) is 0 Å². The van der Waals surface area contributed by atoms with E-state index in [1.54, 1.807) is 0 Å². The Kier molecular flexibility index (Phi) is 31.9. The van der Waals surface area contributed by atoms with Crippen LogP contribution in [0.2, 0.25) is 0 Å². The van der Waals surface area contributed by atoms with Crippen molar-refractivity contribution in [2.75, 3.05) is 47.5 Å². The summed E-state index contributed by atoms with van der Waals surface area (Å²) in [5.74, 6) is -0.881. The predicted molar refractivity (Wildman–Crippen MR) is 204 cm³/mol. The number of carbonyl (C=O) groups excluding carboxylic acids is 2. The molecule has 9 nitrogen and oxygen atoms in total. The highest BCUT2D eigenvalue weighted by Gasteiger charge is 2.21. The zero-order valence-electron chi connectivity index (χ0n) is 32.6. The molecular formula is C40H74NO8P. The number of quaternary nitrogens is 1. The first-order valence-electron chi connectivity index (χ1n) is 19.7. The number of likely N-dealkylation sites (N-methyl/N-ethyl adjacent to an activating group) is 1. The fourth-order valence-corrected chi connectivity index (χ4v) is 5.74. The van der Waals surface area contributed by atoms with Crippen molar-refractivity contribution in [3.8, 4) is 0 Å². The summed E-state index contributed by atoms with van der Waals surface area (Å²) in [6.45, 7) is 4.13. The van der Waals surface area contributed by atoms with Crippen LogP contribution < -0.4 is 4.89 Å². The molecule has 0 aromatic rings. The van der Waals surface area contributed by atoms with Gasteiger partial charge < -0.3 is 27.9 Å². The van der Waals surface area contributed by atoms with Gasteiger partial charge in [-0.25, -0.2) is 0 Å². The van der Waals surface area contributed by atoms with Crippen LogP contribution in [0.5, 0.6) is 0 Å². The number of carbonyl (C=O) groups is 2. The van der Waals surface area contributed by atoms with Crippen LogP contribution in [0.1, 0.15) is 155 Å². The molecule has 10 heteroatoms. The fraction of sp³-hybridized carbons (Fsp3) is 0.800. The van der Waals surface area contributed by atoms with Gasteiger partial charge in [-0.15, -0.1) is 0 Å². The third kappa shape index (κ3) is 36.0. The normalized spacial score (nSPS) is 14.1. The van der Waals surface area contributed by atoms with Gasteiger partial charge in [0, 0.05) is 12.8 Å². The molecule has 0 saturated heterocycles. The number of esters is 2. The van der Waals surface area contributed by atoms with E-state index in [4.69, 9.17) is 18.5 Å². The van der Waals surface area contributed by atoms with E-state index in [0.29, 0.717) is 17.4 Å². The van der Waals surface area contributed by atoms with Crippen molar-refractivity contribution >= 4 is 19.8 Å². The van der Waals surface area contributed by atoms with Crippen LogP contribution in [0.4, 0.5) is 0 Å². The van der Waals surface area contributed by atoms with Gasteiger partial charge in [0.25, 0.3) is 7.82 Å². The minimum absolute atomic E-state index is 0.0378. The number of phosphoric acid groups is 1. The van der Waals surface area contributed by atoms with E-state index >= 15 is 0 Å². The van der Waals surface area contributed by atoms with Gasteiger partial charge in [0.1, 0.15) is 19.8 Å². The van der Waals surface area contributed by atoms with Gasteiger partial charge >= 0.3 is 11.9 Å². The quantitative estimate of drug-likeness (QED) is 0.0209. The van der Waals surface area contributed by atoms with Crippen molar-refractivity contribution < 1.29 is 42.1 Å². The molecule has 0 heterocycles. The molecule has 0 rings (SSSR count). The van der Waals surface area contributed by atoms with E-state index in [0.717, 1.165) is 51.4 Å². The summed E-state index contributed by atoms with van der Waals surface area (Å²) in [5.41, 5.74) is 0. The molecule has 2 atom stereocenters. The number of hydrogen-bond donors (Lipinski definition) is 0. The number of unbranched alkanes of at least 4 members (excludes halogenated alkanes) is 15. The van der Waals surface area contributed by atoms with Gasteiger partial charge in [0.05, 0.1) is 27.7 Å². The minimum atomic E-state index is -4.63. The maximum absolute atomic E-state index is 12.6. The molecular weight excluding hydrogens is 653 g/mol. The lowest BCUT2D eigenvalue weighted by Gasteiger charge is -2.28. The predicted octanol–water partition coefficient (Wildman–Crippen LogP) is 9.94. The van der Waals surface area contributed by atoms with Gasteiger partial charge in [0.2, 0.25) is 0 Å². The van der Waals surface area contributed by atoms with Crippen molar-refractivity contribution in [3.05, 3.63) is 36.5 Å². The number of hydrogen-bond acceptors (Lipinski definition) is 8. The van der Waals surface area contributed by atoms with E-state index in [1.165, 1.54) is 70.6 Å². The van der Waals surface area contributed by atoms with Crippen molar-refractivity contribution in [2.24, 2.45) is 0 Å². The molecule has 292 valence electrons. The molecule has 0 aromatic carbocycles. The standard InChI is InChI=1S/C40H74NO8P/c1-6-8-10-12-14-16-18-19-20-21-23-25-27-29-31-33-40(43)49-38(37-48-50(44,45)47-35-34-41(3,4)5)36-46-39(42)32-30-28-26-24-22-17-15-13-11-9-7-2/h14,16,19-20,23,25,38H,6-13,15,17-18,21-22,24,26-37H2,1-5H3/b16-14-,20-19-,25-23-/t38-/m1/s1. The lowest BCUT2D eigenvalue weighted by Crippen LogP contribution is -2.37. The smallest absolute Gasteiger partial charge is 0.306 e. The van der Waals surface area contributed by atoms with E-state index in [-0.39, 0.29) is 26.1 Å². The summed E-state index contributed by atoms with van der Waals surface area (Å²) < 4.78 is 33.7. The lowest BCUT2D eigenvalue weighted by molar-refractivity contribution is -0.870. The van der Waals surface area contributed by atoms with E-state index in [1.807, 2.05) is 21.1 Å². The zero-order valence-corrected chi connectivity index (χ0v) is 33.5. The van der Waals surface area contributed by atoms with Crippen molar-refractivity contribution in [1.82, 2.24) is 0 Å². The summed E-state index contributed by atoms with van der Waals surface area (Å²) in [6.07, 6.45) is 34.6. The Morgan fingerprint density at radius 1 is 0.620 bits per heavy atom. The largest absolute Gasteiger partial charge is 0.756 e. The average molecular weight is 728 g/mol. The number of allylic oxidation sites excluding steroid dienone is 6. The molecule has 1 unspecified atom stereocenters. The van der Waals surface area contributed by atoms with Gasteiger partial charge in [-0.05, 0) is 51.4 Å². The van der Waals surface area contributed by atoms with E-state index in [9.17, 15) is 19.0 Å². The highest BCUT2D eigenvalue weighted by atomic mass is 31.2. The molecule has 0 amide bonds. The number of ether oxygens (including phenoxy) is 2. The van der Waals surface area contributed by atoms with Gasteiger partial charge in [-0.1, -0.05) is 127 Å². The van der Waals surface area contributed by atoms with Crippen LogP contribution in [-0.4, -0.2) is 70.0 Å². The molecule has 50 heavy (non-hydrogen) atoms. The Morgan fingerprint density at radius 2 is 1.08 bits per heavy atom. The second-order valence-electron chi connectivity index (χ2n) is 14.3. The Bertz CT molecular complexity index is 959. The number of rotatable bonds is 35. The Hall–Kier alpha value is -1.77. The highest BCUT2D eigenvalue weighted by Crippen LogP contribution is 2.38. The highest BCUT2D eigenvalue weighted by molar-refractivity contribution is 7.45. The molecule has 0 N–H and O–H groups in total. The lowest BCUT2D eigenvalue weighted by atomic mass is 10.1. The van der Waals surface area contributed by atoms with Gasteiger partial charge in [-0.2, -0.15) is 0 Å². The molecule has 0 fully saturated rings. The molecule has 0 aliphatic heterocycles. The molecule has 0 aliphatic rings. The number of nitrogens with zero attached hydrogens (tertiary/aromatic N) is 1. The maximum Gasteiger partial charge on any atom is 0.306 e. The van der Waals surface area contributed by atoms with Crippen LogP contribution in [-0.2, 0) is 32.7 Å². The summed E-state index contributed by atoms with van der Waals surface area (Å²) in [7, 11) is 1.14. The van der Waals surface area contributed by atoms with Gasteiger partial charge in [-0.3, -0.25) is 14.2 Å². The third-order valence-electron chi connectivity index (χ3n) is 8.16. The van der Waals surface area contributed by atoms with E-state index < -0.39 is 32.5 Å². The van der Waals surface area contributed by atoms with Crippen molar-refractivity contribution in [3.63, 3.8) is 0 Å².